The summed E-state index contributed by atoms with van der Waals surface area (Å²) in [4.78, 5) is 2.39. The van der Waals surface area contributed by atoms with Crippen molar-refractivity contribution in [2.45, 2.75) is 25.3 Å². The summed E-state index contributed by atoms with van der Waals surface area (Å²) in [5.74, 6) is 0.566. The minimum Gasteiger partial charge on any atom is -0.368 e. The van der Waals surface area contributed by atoms with E-state index in [0.29, 0.717) is 12.5 Å². The SMILES string of the molecule is ClC[C@@H]1[C@@H](OCc2ccccc2)C=CCN1Cc1ccccc1. The number of hydrogen-bond donors (Lipinski definition) is 0. The van der Waals surface area contributed by atoms with Crippen LogP contribution < -0.4 is 0 Å². The molecule has 0 saturated carbocycles. The highest BCUT2D eigenvalue weighted by atomic mass is 35.5. The molecule has 2 nitrogen and oxygen atoms in total. The first kappa shape index (κ1) is 16.3. The first-order valence-electron chi connectivity index (χ1n) is 8.03. The van der Waals surface area contributed by atoms with Gasteiger partial charge in [-0.1, -0.05) is 72.8 Å². The van der Waals surface area contributed by atoms with Crippen molar-refractivity contribution in [3.05, 3.63) is 83.9 Å². The van der Waals surface area contributed by atoms with Crippen molar-refractivity contribution in [1.82, 2.24) is 4.90 Å². The van der Waals surface area contributed by atoms with Crippen LogP contribution >= 0.6 is 11.6 Å². The summed E-state index contributed by atoms with van der Waals surface area (Å²) in [5, 5.41) is 0. The first-order chi connectivity index (χ1) is 11.4. The summed E-state index contributed by atoms with van der Waals surface area (Å²) in [6, 6.07) is 21.0. The van der Waals surface area contributed by atoms with Gasteiger partial charge in [-0.05, 0) is 11.1 Å². The van der Waals surface area contributed by atoms with E-state index in [1.54, 1.807) is 0 Å². The highest BCUT2D eigenvalue weighted by Crippen LogP contribution is 2.20. The molecule has 0 spiro atoms. The Morgan fingerprint density at radius 2 is 1.61 bits per heavy atom. The lowest BCUT2D eigenvalue weighted by atomic mass is 10.0. The molecule has 0 bridgehead atoms. The van der Waals surface area contributed by atoms with Crippen LogP contribution in [0.3, 0.4) is 0 Å². The molecule has 0 radical (unpaired) electrons. The third kappa shape index (κ3) is 4.44. The predicted molar refractivity (Wildman–Crippen MR) is 95.5 cm³/mol. The molecule has 0 unspecified atom stereocenters. The zero-order chi connectivity index (χ0) is 15.9. The topological polar surface area (TPSA) is 12.5 Å². The molecule has 3 rings (SSSR count). The van der Waals surface area contributed by atoms with E-state index in [4.69, 9.17) is 16.3 Å². The zero-order valence-corrected chi connectivity index (χ0v) is 13.9. The Bertz CT molecular complexity index is 614. The van der Waals surface area contributed by atoms with Gasteiger partial charge in [0.2, 0.25) is 0 Å². The maximum atomic E-state index is 6.26. The van der Waals surface area contributed by atoms with E-state index in [9.17, 15) is 0 Å². The van der Waals surface area contributed by atoms with Crippen molar-refractivity contribution >= 4 is 11.6 Å². The van der Waals surface area contributed by atoms with Crippen LogP contribution in [0.2, 0.25) is 0 Å². The zero-order valence-electron chi connectivity index (χ0n) is 13.1. The van der Waals surface area contributed by atoms with Crippen molar-refractivity contribution in [3.63, 3.8) is 0 Å². The maximum absolute atomic E-state index is 6.26. The Morgan fingerprint density at radius 3 is 2.26 bits per heavy atom. The Hall–Kier alpha value is -1.61. The quantitative estimate of drug-likeness (QED) is 0.581. The highest BCUT2D eigenvalue weighted by Gasteiger charge is 2.28. The van der Waals surface area contributed by atoms with Gasteiger partial charge in [0.15, 0.2) is 0 Å². The minimum absolute atomic E-state index is 0.0326. The van der Waals surface area contributed by atoms with E-state index in [1.807, 2.05) is 24.3 Å². The normalized spacial score (nSPS) is 21.4. The molecular weight excluding hydrogens is 306 g/mol. The lowest BCUT2D eigenvalue weighted by Gasteiger charge is -2.37. The predicted octanol–water partition coefficient (Wildman–Crippen LogP) is 4.25. The molecule has 120 valence electrons. The van der Waals surface area contributed by atoms with E-state index in [-0.39, 0.29) is 12.1 Å². The van der Waals surface area contributed by atoms with Gasteiger partial charge in [0.25, 0.3) is 0 Å². The van der Waals surface area contributed by atoms with E-state index >= 15 is 0 Å². The van der Waals surface area contributed by atoms with Gasteiger partial charge in [-0.25, -0.2) is 0 Å². The van der Waals surface area contributed by atoms with Gasteiger partial charge in [0.1, 0.15) is 0 Å². The molecule has 0 aliphatic carbocycles. The maximum Gasteiger partial charge on any atom is 0.0927 e. The van der Waals surface area contributed by atoms with Crippen LogP contribution in [0.5, 0.6) is 0 Å². The molecule has 2 aromatic rings. The molecule has 1 aliphatic rings. The number of nitrogens with zero attached hydrogens (tertiary/aromatic N) is 1. The second-order valence-corrected chi connectivity index (χ2v) is 6.13. The molecule has 0 N–H and O–H groups in total. The largest absolute Gasteiger partial charge is 0.368 e. The molecule has 1 heterocycles. The van der Waals surface area contributed by atoms with Gasteiger partial charge in [0.05, 0.1) is 18.8 Å². The summed E-state index contributed by atoms with van der Waals surface area (Å²) in [6.07, 6.45) is 4.37. The molecular formula is C20H22ClNO. The minimum atomic E-state index is 0.0326. The van der Waals surface area contributed by atoms with Crippen LogP contribution in [0.4, 0.5) is 0 Å². The first-order valence-corrected chi connectivity index (χ1v) is 8.56. The summed E-state index contributed by atoms with van der Waals surface area (Å²) in [5.41, 5.74) is 2.49. The Balaban J connectivity index is 1.64. The molecule has 2 aromatic carbocycles. The third-order valence-electron chi connectivity index (χ3n) is 4.19. The van der Waals surface area contributed by atoms with E-state index in [1.165, 1.54) is 11.1 Å². The second kappa shape index (κ2) is 8.30. The Labute approximate surface area is 143 Å². The average molecular weight is 328 g/mol. The fourth-order valence-electron chi connectivity index (χ4n) is 2.92. The van der Waals surface area contributed by atoms with Crippen molar-refractivity contribution < 1.29 is 4.74 Å². The average Bonchev–Trinajstić information content (AvgIpc) is 2.62. The molecule has 0 amide bonds. The number of halogens is 1. The number of rotatable bonds is 6. The van der Waals surface area contributed by atoms with Crippen molar-refractivity contribution in [1.29, 1.82) is 0 Å². The van der Waals surface area contributed by atoms with Gasteiger partial charge < -0.3 is 4.74 Å². The van der Waals surface area contributed by atoms with Crippen LogP contribution in [0.15, 0.2) is 72.8 Å². The van der Waals surface area contributed by atoms with E-state index in [2.05, 4.69) is 53.5 Å². The number of benzene rings is 2. The standard InChI is InChI=1S/C20H22ClNO/c21-14-19-20(23-16-18-10-5-2-6-11-18)12-7-13-22(19)15-17-8-3-1-4-9-17/h1-12,19-20H,13-16H2/t19-,20+/m1/s1. The summed E-state index contributed by atoms with van der Waals surface area (Å²) < 4.78 is 6.13. The fourth-order valence-corrected chi connectivity index (χ4v) is 3.29. The fraction of sp³-hybridized carbons (Fsp3) is 0.300. The molecule has 0 aromatic heterocycles. The van der Waals surface area contributed by atoms with Crippen LogP contribution in [-0.2, 0) is 17.9 Å². The molecule has 1 aliphatic heterocycles. The lowest BCUT2D eigenvalue weighted by Crippen LogP contribution is -2.47. The van der Waals surface area contributed by atoms with Gasteiger partial charge in [-0.15, -0.1) is 11.6 Å². The third-order valence-corrected chi connectivity index (χ3v) is 4.50. The molecule has 3 heteroatoms. The molecule has 2 atom stereocenters. The van der Waals surface area contributed by atoms with Crippen LogP contribution in [0, 0.1) is 0 Å². The van der Waals surface area contributed by atoms with Crippen molar-refractivity contribution in [3.8, 4) is 0 Å². The van der Waals surface area contributed by atoms with Crippen LogP contribution in [0.25, 0.3) is 0 Å². The van der Waals surface area contributed by atoms with E-state index < -0.39 is 0 Å². The second-order valence-electron chi connectivity index (χ2n) is 5.83. The number of ether oxygens (including phenoxy) is 1. The Morgan fingerprint density at radius 1 is 0.957 bits per heavy atom. The molecule has 23 heavy (non-hydrogen) atoms. The lowest BCUT2D eigenvalue weighted by molar-refractivity contribution is 0.00526. The number of hydrogen-bond acceptors (Lipinski definition) is 2. The smallest absolute Gasteiger partial charge is 0.0927 e. The highest BCUT2D eigenvalue weighted by molar-refractivity contribution is 6.18. The summed E-state index contributed by atoms with van der Waals surface area (Å²) in [7, 11) is 0. The number of alkyl halides is 1. The van der Waals surface area contributed by atoms with Gasteiger partial charge in [-0.2, -0.15) is 0 Å². The summed E-state index contributed by atoms with van der Waals surface area (Å²) in [6.45, 7) is 2.42. The monoisotopic (exact) mass is 327 g/mol. The molecule has 0 fully saturated rings. The van der Waals surface area contributed by atoms with Crippen LogP contribution in [-0.4, -0.2) is 29.5 Å². The summed E-state index contributed by atoms with van der Waals surface area (Å²) >= 11 is 6.26. The van der Waals surface area contributed by atoms with E-state index in [0.717, 1.165) is 13.1 Å². The van der Waals surface area contributed by atoms with Gasteiger partial charge in [-0.3, -0.25) is 4.90 Å². The van der Waals surface area contributed by atoms with Crippen molar-refractivity contribution in [2.75, 3.05) is 12.4 Å². The van der Waals surface area contributed by atoms with Crippen molar-refractivity contribution in [2.24, 2.45) is 0 Å². The van der Waals surface area contributed by atoms with Gasteiger partial charge >= 0.3 is 0 Å². The van der Waals surface area contributed by atoms with Crippen LogP contribution in [0.1, 0.15) is 11.1 Å². The molecule has 0 saturated heterocycles. The van der Waals surface area contributed by atoms with Gasteiger partial charge in [0, 0.05) is 19.0 Å². The Kier molecular flexibility index (Phi) is 5.87.